The van der Waals surface area contributed by atoms with Crippen molar-refractivity contribution in [3.05, 3.63) is 30.2 Å². The van der Waals surface area contributed by atoms with E-state index in [4.69, 9.17) is 32.8 Å². The Balaban J connectivity index is 1.56. The smallest absolute Gasteiger partial charge is 0.303 e. The van der Waals surface area contributed by atoms with E-state index in [0.717, 1.165) is 46.5 Å². The van der Waals surface area contributed by atoms with Crippen molar-refractivity contribution in [2.24, 2.45) is 0 Å². The van der Waals surface area contributed by atoms with Crippen LogP contribution in [0.5, 0.6) is 5.75 Å². The van der Waals surface area contributed by atoms with E-state index in [1.54, 1.807) is 24.3 Å². The molecule has 0 spiro atoms. The summed E-state index contributed by atoms with van der Waals surface area (Å²) in [6.45, 7) is 4.32. The van der Waals surface area contributed by atoms with Gasteiger partial charge in [-0.3, -0.25) is 19.2 Å². The molecule has 1 aliphatic carbocycles. The van der Waals surface area contributed by atoms with Gasteiger partial charge in [-0.2, -0.15) is 0 Å². The molecule has 13 heteroatoms. The Bertz CT molecular complexity index is 1220. The van der Waals surface area contributed by atoms with Crippen LogP contribution in [0.2, 0.25) is 0 Å². The van der Waals surface area contributed by atoms with Gasteiger partial charge in [0.2, 0.25) is 24.2 Å². The Morgan fingerprint density at radius 2 is 1.39 bits per heavy atom. The summed E-state index contributed by atoms with van der Waals surface area (Å²) in [5, 5.41) is 8.43. The summed E-state index contributed by atoms with van der Waals surface area (Å²) in [5.74, 6) is -1.17. The number of hydrogen-bond acceptors (Lipinski definition) is 13. The summed E-state index contributed by atoms with van der Waals surface area (Å²) >= 11 is 0. The SMILES string of the molecule is CC(=O)OC[C@H]1O[C@@H](Oc2ccc(-c3nnc(C4CCCCC4)o3)cc2)[C@H](OC(C)=O)[C@@H](OC(C)=O)[C@@H]1OC(C)=O. The van der Waals surface area contributed by atoms with Crippen LogP contribution < -0.4 is 4.74 Å². The van der Waals surface area contributed by atoms with E-state index < -0.39 is 54.6 Å². The molecule has 2 heterocycles. The number of rotatable bonds is 9. The highest BCUT2D eigenvalue weighted by molar-refractivity contribution is 5.68. The second-order valence-corrected chi connectivity index (χ2v) is 9.99. The Morgan fingerprint density at radius 1 is 0.780 bits per heavy atom. The van der Waals surface area contributed by atoms with Crippen LogP contribution in [0.3, 0.4) is 0 Å². The predicted molar refractivity (Wildman–Crippen MR) is 138 cm³/mol. The molecule has 0 amide bonds. The molecule has 1 aromatic carbocycles. The minimum Gasteiger partial charge on any atom is -0.463 e. The lowest BCUT2D eigenvalue weighted by Crippen LogP contribution is -2.63. The van der Waals surface area contributed by atoms with Crippen molar-refractivity contribution in [1.82, 2.24) is 10.2 Å². The van der Waals surface area contributed by atoms with E-state index in [2.05, 4.69) is 10.2 Å². The maximum Gasteiger partial charge on any atom is 0.303 e. The molecule has 1 aromatic heterocycles. The van der Waals surface area contributed by atoms with E-state index in [0.29, 0.717) is 23.1 Å². The van der Waals surface area contributed by atoms with Gasteiger partial charge in [-0.05, 0) is 37.1 Å². The average molecular weight is 575 g/mol. The zero-order valence-electron chi connectivity index (χ0n) is 23.4. The van der Waals surface area contributed by atoms with Gasteiger partial charge < -0.3 is 32.8 Å². The van der Waals surface area contributed by atoms with Gasteiger partial charge in [-0.25, -0.2) is 0 Å². The highest BCUT2D eigenvalue weighted by atomic mass is 16.7. The van der Waals surface area contributed by atoms with Gasteiger partial charge in [-0.15, -0.1) is 10.2 Å². The topological polar surface area (TPSA) is 163 Å². The normalized spacial score (nSPS) is 24.6. The fourth-order valence-corrected chi connectivity index (χ4v) is 4.96. The molecule has 222 valence electrons. The minimum atomic E-state index is -1.33. The Labute approximate surface area is 236 Å². The van der Waals surface area contributed by atoms with Gasteiger partial charge in [0, 0.05) is 39.2 Å². The molecule has 0 bridgehead atoms. The molecule has 1 aliphatic heterocycles. The molecule has 2 aliphatic rings. The highest BCUT2D eigenvalue weighted by Gasteiger charge is 2.53. The first-order valence-corrected chi connectivity index (χ1v) is 13.5. The van der Waals surface area contributed by atoms with Crippen LogP contribution in [0.4, 0.5) is 0 Å². The molecule has 0 unspecified atom stereocenters. The van der Waals surface area contributed by atoms with E-state index >= 15 is 0 Å². The van der Waals surface area contributed by atoms with Gasteiger partial charge in [-0.1, -0.05) is 19.3 Å². The van der Waals surface area contributed by atoms with Crippen LogP contribution in [0, 0.1) is 0 Å². The lowest BCUT2D eigenvalue weighted by atomic mass is 9.89. The summed E-state index contributed by atoms with van der Waals surface area (Å²) in [6, 6.07) is 6.71. The van der Waals surface area contributed by atoms with Crippen molar-refractivity contribution in [1.29, 1.82) is 0 Å². The number of esters is 4. The van der Waals surface area contributed by atoms with Gasteiger partial charge in [0.1, 0.15) is 18.5 Å². The first kappa shape index (κ1) is 30.0. The Kier molecular flexibility index (Phi) is 9.92. The van der Waals surface area contributed by atoms with Crippen molar-refractivity contribution >= 4 is 23.9 Å². The van der Waals surface area contributed by atoms with E-state index in [1.165, 1.54) is 13.3 Å². The third-order valence-corrected chi connectivity index (χ3v) is 6.70. The summed E-state index contributed by atoms with van der Waals surface area (Å²) in [7, 11) is 0. The van der Waals surface area contributed by atoms with Gasteiger partial charge in [0.25, 0.3) is 0 Å². The van der Waals surface area contributed by atoms with Crippen LogP contribution in [0.15, 0.2) is 28.7 Å². The van der Waals surface area contributed by atoms with Crippen LogP contribution in [0.1, 0.15) is 71.6 Å². The van der Waals surface area contributed by atoms with Crippen molar-refractivity contribution in [3.8, 4) is 17.2 Å². The van der Waals surface area contributed by atoms with Crippen LogP contribution in [-0.2, 0) is 42.9 Å². The Hall–Kier alpha value is -4.00. The maximum absolute atomic E-state index is 12.0. The van der Waals surface area contributed by atoms with Gasteiger partial charge in [0.05, 0.1) is 0 Å². The van der Waals surface area contributed by atoms with Crippen molar-refractivity contribution in [2.45, 2.75) is 96.4 Å². The zero-order valence-corrected chi connectivity index (χ0v) is 23.4. The number of carbonyl (C=O) groups excluding carboxylic acids is 4. The second-order valence-electron chi connectivity index (χ2n) is 9.99. The molecule has 4 rings (SSSR count). The predicted octanol–water partition coefficient (Wildman–Crippen LogP) is 3.25. The monoisotopic (exact) mass is 574 g/mol. The number of benzene rings is 1. The van der Waals surface area contributed by atoms with Crippen molar-refractivity contribution in [2.75, 3.05) is 6.61 Å². The molecular weight excluding hydrogens is 540 g/mol. The summed E-state index contributed by atoms with van der Waals surface area (Å²) in [6.07, 6.45) is -0.784. The molecule has 1 saturated heterocycles. The highest BCUT2D eigenvalue weighted by Crippen LogP contribution is 2.34. The molecule has 41 heavy (non-hydrogen) atoms. The summed E-state index contributed by atoms with van der Waals surface area (Å²) < 4.78 is 39.3. The molecular formula is C28H34N2O11. The lowest BCUT2D eigenvalue weighted by Gasteiger charge is -2.43. The number of nitrogens with zero attached hydrogens (tertiary/aromatic N) is 2. The molecule has 13 nitrogen and oxygen atoms in total. The standard InChI is InChI=1S/C28H34N2O11/c1-15(31)35-14-22-23(36-16(2)32)24(37-17(3)33)25(38-18(4)34)28(40-22)39-21-12-10-20(11-13-21)27-30-29-26(41-27)19-8-6-5-7-9-19/h10-13,19,22-25,28H,5-9,14H2,1-4H3/t22-,23-,24+,25-,28-/m1/s1. The third-order valence-electron chi connectivity index (χ3n) is 6.70. The number of carbonyl (C=O) groups is 4. The van der Waals surface area contributed by atoms with Gasteiger partial charge in [0.15, 0.2) is 12.2 Å². The number of hydrogen-bond donors (Lipinski definition) is 0. The first-order valence-electron chi connectivity index (χ1n) is 13.5. The number of aromatic nitrogens is 2. The fourth-order valence-electron chi connectivity index (χ4n) is 4.96. The number of ether oxygens (including phenoxy) is 6. The average Bonchev–Trinajstić information content (AvgIpc) is 3.41. The quantitative estimate of drug-likeness (QED) is 0.317. The molecule has 0 N–H and O–H groups in total. The molecule has 0 radical (unpaired) electrons. The maximum atomic E-state index is 12.0. The van der Waals surface area contributed by atoms with Crippen LogP contribution in [-0.4, -0.2) is 71.4 Å². The van der Waals surface area contributed by atoms with E-state index in [-0.39, 0.29) is 12.5 Å². The molecule has 2 fully saturated rings. The molecule has 5 atom stereocenters. The molecule has 2 aromatic rings. The lowest BCUT2D eigenvalue weighted by molar-refractivity contribution is -0.288. The molecule has 1 saturated carbocycles. The Morgan fingerprint density at radius 3 is 2.00 bits per heavy atom. The summed E-state index contributed by atoms with van der Waals surface area (Å²) in [5.41, 5.74) is 0.674. The zero-order chi connectivity index (χ0) is 29.5. The summed E-state index contributed by atoms with van der Waals surface area (Å²) in [4.78, 5) is 47.4. The third kappa shape index (κ3) is 8.03. The largest absolute Gasteiger partial charge is 0.463 e. The van der Waals surface area contributed by atoms with E-state index in [1.807, 2.05) is 0 Å². The van der Waals surface area contributed by atoms with Crippen molar-refractivity contribution < 1.29 is 52.0 Å². The van der Waals surface area contributed by atoms with E-state index in [9.17, 15) is 19.2 Å². The minimum absolute atomic E-state index is 0.273. The van der Waals surface area contributed by atoms with Crippen LogP contribution >= 0.6 is 0 Å². The van der Waals surface area contributed by atoms with Gasteiger partial charge >= 0.3 is 23.9 Å². The second kappa shape index (κ2) is 13.6. The fraction of sp³-hybridized carbons (Fsp3) is 0.571. The first-order chi connectivity index (χ1) is 19.6. The van der Waals surface area contributed by atoms with Crippen molar-refractivity contribution in [3.63, 3.8) is 0 Å². The van der Waals surface area contributed by atoms with Crippen LogP contribution in [0.25, 0.3) is 11.5 Å².